The fourth-order valence-electron chi connectivity index (χ4n) is 1.55. The molecular weight excluding hydrogens is 361 g/mol. The van der Waals surface area contributed by atoms with E-state index < -0.39 is 6.10 Å². The number of nitrogens with zero attached hydrogens (tertiary/aromatic N) is 1. The minimum atomic E-state index is -0.681. The molecule has 0 spiro atoms. The fourth-order valence-corrected chi connectivity index (χ4v) is 5.01. The molecular formula is C14H18ClNOTe. The quantitative estimate of drug-likeness (QED) is 0.578. The van der Waals surface area contributed by atoms with Crippen LogP contribution in [0, 0.1) is 17.2 Å². The van der Waals surface area contributed by atoms with Crippen LogP contribution in [0.2, 0.25) is 14.0 Å². The molecule has 0 aliphatic carbocycles. The molecule has 1 rings (SSSR count). The zero-order valence-corrected chi connectivity index (χ0v) is 13.6. The summed E-state index contributed by atoms with van der Waals surface area (Å²) in [4.78, 5) is 0. The van der Waals surface area contributed by atoms with E-state index >= 15 is 0 Å². The average Bonchev–Trinajstić information content (AvgIpc) is 2.39. The predicted molar refractivity (Wildman–Crippen MR) is 75.8 cm³/mol. The number of hydrogen-bond donors (Lipinski definition) is 1. The second kappa shape index (κ2) is 8.78. The summed E-state index contributed by atoms with van der Waals surface area (Å²) in [6.45, 7) is 2.18. The Balaban J connectivity index is 2.54. The van der Waals surface area contributed by atoms with Gasteiger partial charge in [0, 0.05) is 0 Å². The normalized spacial score (nSPS) is 13.9. The Morgan fingerprint density at radius 3 is 2.61 bits per heavy atom. The van der Waals surface area contributed by atoms with Crippen molar-refractivity contribution in [2.75, 3.05) is 0 Å². The SMILES string of the molecule is CCCC[Te]CC(C#N)C(O)c1ccc(Cl)cc1. The third kappa shape index (κ3) is 5.17. The summed E-state index contributed by atoms with van der Waals surface area (Å²) >= 11 is 5.66. The van der Waals surface area contributed by atoms with Crippen LogP contribution in [0.25, 0.3) is 0 Å². The van der Waals surface area contributed by atoms with E-state index in [9.17, 15) is 5.11 Å². The summed E-state index contributed by atoms with van der Waals surface area (Å²) in [6, 6.07) is 9.34. The van der Waals surface area contributed by atoms with Crippen molar-refractivity contribution >= 4 is 32.5 Å². The predicted octanol–water partition coefficient (Wildman–Crippen LogP) is 3.85. The number of unbranched alkanes of at least 4 members (excludes halogenated alkanes) is 1. The van der Waals surface area contributed by atoms with E-state index in [0.717, 1.165) is 10.0 Å². The summed E-state index contributed by atoms with van der Waals surface area (Å²) in [5.74, 6) is -0.273. The summed E-state index contributed by atoms with van der Waals surface area (Å²) in [5, 5.41) is 20.0. The Bertz CT molecular complexity index is 388. The van der Waals surface area contributed by atoms with E-state index in [-0.39, 0.29) is 26.8 Å². The molecule has 1 N–H and O–H groups in total. The molecule has 2 atom stereocenters. The van der Waals surface area contributed by atoms with Crippen LogP contribution in [-0.2, 0) is 0 Å². The van der Waals surface area contributed by atoms with E-state index in [1.54, 1.807) is 24.3 Å². The van der Waals surface area contributed by atoms with Crippen LogP contribution in [0.1, 0.15) is 31.4 Å². The first-order chi connectivity index (χ1) is 8.69. The van der Waals surface area contributed by atoms with Crippen LogP contribution in [0.15, 0.2) is 24.3 Å². The third-order valence-electron chi connectivity index (χ3n) is 2.70. The van der Waals surface area contributed by atoms with Gasteiger partial charge in [-0.3, -0.25) is 0 Å². The molecule has 0 bridgehead atoms. The first-order valence-electron chi connectivity index (χ1n) is 6.10. The molecule has 4 heteroatoms. The molecule has 0 heterocycles. The minimum absolute atomic E-state index is 0.144. The van der Waals surface area contributed by atoms with E-state index in [4.69, 9.17) is 16.9 Å². The van der Waals surface area contributed by atoms with E-state index in [1.807, 2.05) is 0 Å². The van der Waals surface area contributed by atoms with Crippen molar-refractivity contribution in [3.05, 3.63) is 34.9 Å². The topological polar surface area (TPSA) is 44.0 Å². The number of aliphatic hydroxyl groups excluding tert-OH is 1. The molecule has 0 saturated heterocycles. The van der Waals surface area contributed by atoms with E-state index in [2.05, 4.69) is 13.0 Å². The Kier molecular flexibility index (Phi) is 7.71. The number of benzene rings is 1. The maximum absolute atomic E-state index is 10.2. The van der Waals surface area contributed by atoms with Gasteiger partial charge >= 0.3 is 125 Å². The van der Waals surface area contributed by atoms with Gasteiger partial charge in [0.05, 0.1) is 0 Å². The standard InChI is InChI=1S/C14H18ClNOTe/c1-2-3-8-18-10-12(9-16)14(17)11-4-6-13(15)7-5-11/h4-7,12,14,17H,2-3,8,10H2,1H3. The molecule has 0 radical (unpaired) electrons. The maximum atomic E-state index is 10.2. The van der Waals surface area contributed by atoms with Crippen molar-refractivity contribution < 1.29 is 5.11 Å². The van der Waals surface area contributed by atoms with Crippen molar-refractivity contribution in [2.45, 2.75) is 34.8 Å². The van der Waals surface area contributed by atoms with Gasteiger partial charge in [0.1, 0.15) is 0 Å². The van der Waals surface area contributed by atoms with Crippen molar-refractivity contribution in [1.29, 1.82) is 5.26 Å². The molecule has 0 aliphatic heterocycles. The van der Waals surface area contributed by atoms with Crippen molar-refractivity contribution in [3.63, 3.8) is 0 Å². The summed E-state index contributed by atoms with van der Waals surface area (Å²) < 4.78 is 2.14. The Hall–Kier alpha value is -0.250. The summed E-state index contributed by atoms with van der Waals surface area (Å²) in [5.41, 5.74) is 0.786. The van der Waals surface area contributed by atoms with E-state index in [1.165, 1.54) is 17.3 Å². The molecule has 2 unspecified atom stereocenters. The molecule has 0 fully saturated rings. The second-order valence-corrected chi connectivity index (χ2v) is 7.88. The van der Waals surface area contributed by atoms with Gasteiger partial charge in [-0.2, -0.15) is 0 Å². The number of hydrogen-bond acceptors (Lipinski definition) is 2. The van der Waals surface area contributed by atoms with Crippen LogP contribution < -0.4 is 0 Å². The van der Waals surface area contributed by atoms with Gasteiger partial charge < -0.3 is 0 Å². The van der Waals surface area contributed by atoms with Gasteiger partial charge in [0.15, 0.2) is 0 Å². The summed E-state index contributed by atoms with van der Waals surface area (Å²) in [7, 11) is 0. The first kappa shape index (κ1) is 15.8. The zero-order valence-electron chi connectivity index (χ0n) is 10.5. The van der Waals surface area contributed by atoms with Crippen molar-refractivity contribution in [1.82, 2.24) is 0 Å². The first-order valence-corrected chi connectivity index (χ1v) is 9.77. The number of rotatable bonds is 7. The fraction of sp³-hybridized carbons (Fsp3) is 0.500. The van der Waals surface area contributed by atoms with Crippen LogP contribution in [-0.4, -0.2) is 26.0 Å². The van der Waals surface area contributed by atoms with Crippen LogP contribution in [0.3, 0.4) is 0 Å². The zero-order chi connectivity index (χ0) is 13.4. The molecule has 0 saturated carbocycles. The second-order valence-electron chi connectivity index (χ2n) is 4.16. The Morgan fingerprint density at radius 1 is 1.39 bits per heavy atom. The van der Waals surface area contributed by atoms with Gasteiger partial charge in [0.2, 0.25) is 0 Å². The molecule has 1 aromatic carbocycles. The van der Waals surface area contributed by atoms with Crippen LogP contribution in [0.5, 0.6) is 0 Å². The Morgan fingerprint density at radius 2 is 2.06 bits per heavy atom. The van der Waals surface area contributed by atoms with Gasteiger partial charge in [-0.15, -0.1) is 0 Å². The van der Waals surface area contributed by atoms with Gasteiger partial charge in [-0.05, 0) is 0 Å². The molecule has 1 aromatic rings. The van der Waals surface area contributed by atoms with Gasteiger partial charge in [0.25, 0.3) is 0 Å². The summed E-state index contributed by atoms with van der Waals surface area (Å²) in [6.07, 6.45) is 1.78. The molecule has 2 nitrogen and oxygen atoms in total. The number of nitriles is 1. The van der Waals surface area contributed by atoms with Gasteiger partial charge in [-0.1, -0.05) is 0 Å². The van der Waals surface area contributed by atoms with Crippen molar-refractivity contribution in [2.24, 2.45) is 5.92 Å². The van der Waals surface area contributed by atoms with Crippen LogP contribution >= 0.6 is 11.6 Å². The van der Waals surface area contributed by atoms with Crippen LogP contribution in [0.4, 0.5) is 0 Å². The molecule has 0 aliphatic rings. The molecule has 0 aromatic heterocycles. The molecule has 18 heavy (non-hydrogen) atoms. The Labute approximate surface area is 124 Å². The third-order valence-corrected chi connectivity index (χ3v) is 6.30. The molecule has 98 valence electrons. The average molecular weight is 379 g/mol. The van der Waals surface area contributed by atoms with Crippen molar-refractivity contribution in [3.8, 4) is 6.07 Å². The van der Waals surface area contributed by atoms with Gasteiger partial charge in [-0.25, -0.2) is 0 Å². The van der Waals surface area contributed by atoms with E-state index in [0.29, 0.717) is 5.02 Å². The monoisotopic (exact) mass is 381 g/mol. The number of aliphatic hydroxyl groups is 1. The molecule has 0 amide bonds. The number of halogens is 1.